The Labute approximate surface area is 119 Å². The summed E-state index contributed by atoms with van der Waals surface area (Å²) in [5.41, 5.74) is 1.53. The standard InChI is InChI=1S/C15H12N2O2S/c1-20(19)14-7-5-12(6-8-14)15(18)17-13-4-2-3-11(9-13)10-16/h2-9H,1H3,(H,17,18). The molecule has 1 atom stereocenters. The van der Waals surface area contributed by atoms with Gasteiger partial charge in [-0.15, -0.1) is 0 Å². The Bertz CT molecular complexity index is 703. The highest BCUT2D eigenvalue weighted by atomic mass is 32.2. The van der Waals surface area contributed by atoms with Crippen LogP contribution in [-0.2, 0) is 10.8 Å². The summed E-state index contributed by atoms with van der Waals surface area (Å²) in [6.45, 7) is 0. The average molecular weight is 284 g/mol. The van der Waals surface area contributed by atoms with Crippen LogP contribution in [0.3, 0.4) is 0 Å². The zero-order valence-corrected chi connectivity index (χ0v) is 11.6. The SMILES string of the molecule is CS(=O)c1ccc(C(=O)Nc2cccc(C#N)c2)cc1. The first kappa shape index (κ1) is 14.0. The average Bonchev–Trinajstić information content (AvgIpc) is 2.47. The largest absolute Gasteiger partial charge is 0.322 e. The molecule has 0 radical (unpaired) electrons. The van der Waals surface area contributed by atoms with Crippen LogP contribution in [0.1, 0.15) is 15.9 Å². The van der Waals surface area contributed by atoms with Gasteiger partial charge in [0.1, 0.15) is 0 Å². The molecule has 2 aromatic carbocycles. The van der Waals surface area contributed by atoms with Gasteiger partial charge in [0, 0.05) is 33.2 Å². The first-order valence-electron chi connectivity index (χ1n) is 5.85. The quantitative estimate of drug-likeness (QED) is 0.941. The summed E-state index contributed by atoms with van der Waals surface area (Å²) in [5.74, 6) is -0.270. The number of carbonyl (C=O) groups is 1. The van der Waals surface area contributed by atoms with Crippen molar-refractivity contribution >= 4 is 22.4 Å². The topological polar surface area (TPSA) is 70.0 Å². The van der Waals surface area contributed by atoms with Crippen molar-refractivity contribution in [2.45, 2.75) is 4.90 Å². The van der Waals surface area contributed by atoms with E-state index < -0.39 is 10.8 Å². The minimum atomic E-state index is -1.06. The maximum atomic E-state index is 12.0. The molecule has 1 amide bonds. The molecule has 20 heavy (non-hydrogen) atoms. The second-order valence-corrected chi connectivity index (χ2v) is 5.50. The van der Waals surface area contributed by atoms with Crippen molar-refractivity contribution in [1.82, 2.24) is 0 Å². The Morgan fingerprint density at radius 1 is 1.20 bits per heavy atom. The van der Waals surface area contributed by atoms with E-state index in [9.17, 15) is 9.00 Å². The molecule has 0 heterocycles. The minimum absolute atomic E-state index is 0.270. The molecule has 0 aliphatic rings. The third-order valence-electron chi connectivity index (χ3n) is 2.70. The van der Waals surface area contributed by atoms with Crippen LogP contribution in [0.25, 0.3) is 0 Å². The van der Waals surface area contributed by atoms with Crippen LogP contribution in [-0.4, -0.2) is 16.4 Å². The van der Waals surface area contributed by atoms with E-state index in [1.54, 1.807) is 54.8 Å². The molecule has 4 nitrogen and oxygen atoms in total. The maximum Gasteiger partial charge on any atom is 0.255 e. The lowest BCUT2D eigenvalue weighted by Gasteiger charge is -2.06. The van der Waals surface area contributed by atoms with Gasteiger partial charge in [-0.25, -0.2) is 0 Å². The van der Waals surface area contributed by atoms with E-state index in [0.717, 1.165) is 0 Å². The van der Waals surface area contributed by atoms with Crippen LogP contribution in [0, 0.1) is 11.3 Å². The molecule has 0 saturated carbocycles. The van der Waals surface area contributed by atoms with Crippen molar-refractivity contribution in [3.8, 4) is 6.07 Å². The Hall–Kier alpha value is -2.45. The van der Waals surface area contributed by atoms with Crippen molar-refractivity contribution in [2.24, 2.45) is 0 Å². The summed E-state index contributed by atoms with van der Waals surface area (Å²) >= 11 is 0. The summed E-state index contributed by atoms with van der Waals surface area (Å²) in [6.07, 6.45) is 1.59. The number of anilines is 1. The highest BCUT2D eigenvalue weighted by Gasteiger charge is 2.07. The lowest BCUT2D eigenvalue weighted by atomic mass is 10.2. The minimum Gasteiger partial charge on any atom is -0.322 e. The number of nitrogens with zero attached hydrogens (tertiary/aromatic N) is 1. The van der Waals surface area contributed by atoms with Crippen LogP contribution >= 0.6 is 0 Å². The second kappa shape index (κ2) is 6.13. The third kappa shape index (κ3) is 3.31. The second-order valence-electron chi connectivity index (χ2n) is 4.13. The van der Waals surface area contributed by atoms with E-state index in [1.807, 2.05) is 6.07 Å². The van der Waals surface area contributed by atoms with Gasteiger partial charge in [0.25, 0.3) is 5.91 Å². The molecule has 2 aromatic rings. The van der Waals surface area contributed by atoms with Crippen LogP contribution in [0.4, 0.5) is 5.69 Å². The Balaban J connectivity index is 2.15. The van der Waals surface area contributed by atoms with Crippen LogP contribution in [0.5, 0.6) is 0 Å². The molecule has 1 N–H and O–H groups in total. The van der Waals surface area contributed by atoms with Crippen molar-refractivity contribution < 1.29 is 9.00 Å². The number of benzene rings is 2. The summed E-state index contributed by atoms with van der Waals surface area (Å²) in [7, 11) is -1.06. The number of nitriles is 1. The summed E-state index contributed by atoms with van der Waals surface area (Å²) in [4.78, 5) is 12.7. The number of amides is 1. The molecule has 0 aliphatic carbocycles. The zero-order chi connectivity index (χ0) is 14.5. The van der Waals surface area contributed by atoms with E-state index in [1.165, 1.54) is 0 Å². The smallest absolute Gasteiger partial charge is 0.255 e. The molecule has 0 bridgehead atoms. The molecule has 1 unspecified atom stereocenters. The predicted molar refractivity (Wildman–Crippen MR) is 77.9 cm³/mol. The Kier molecular flexibility index (Phi) is 4.28. The highest BCUT2D eigenvalue weighted by molar-refractivity contribution is 7.84. The van der Waals surface area contributed by atoms with Crippen molar-refractivity contribution in [2.75, 3.05) is 11.6 Å². The predicted octanol–water partition coefficient (Wildman–Crippen LogP) is 2.55. The van der Waals surface area contributed by atoms with Gasteiger partial charge < -0.3 is 5.32 Å². The fraction of sp³-hybridized carbons (Fsp3) is 0.0667. The van der Waals surface area contributed by atoms with Crippen molar-refractivity contribution in [3.63, 3.8) is 0 Å². The lowest BCUT2D eigenvalue weighted by molar-refractivity contribution is 0.102. The number of hydrogen-bond donors (Lipinski definition) is 1. The van der Waals surface area contributed by atoms with Gasteiger partial charge in [0.15, 0.2) is 0 Å². The normalized spacial score (nSPS) is 11.4. The number of hydrogen-bond acceptors (Lipinski definition) is 3. The van der Waals surface area contributed by atoms with Gasteiger partial charge >= 0.3 is 0 Å². The summed E-state index contributed by atoms with van der Waals surface area (Å²) in [6, 6.07) is 15.3. The molecule has 100 valence electrons. The van der Waals surface area contributed by atoms with Crippen LogP contribution in [0.15, 0.2) is 53.4 Å². The van der Waals surface area contributed by atoms with E-state index >= 15 is 0 Å². The van der Waals surface area contributed by atoms with Gasteiger partial charge in [0.2, 0.25) is 0 Å². The van der Waals surface area contributed by atoms with Gasteiger partial charge in [-0.1, -0.05) is 6.07 Å². The third-order valence-corrected chi connectivity index (χ3v) is 3.63. The Morgan fingerprint density at radius 3 is 2.50 bits per heavy atom. The number of carbonyl (C=O) groups excluding carboxylic acids is 1. The molecule has 0 aliphatic heterocycles. The van der Waals surface area contributed by atoms with E-state index in [2.05, 4.69) is 5.32 Å². The fourth-order valence-corrected chi connectivity index (χ4v) is 2.19. The van der Waals surface area contributed by atoms with Gasteiger partial charge in [-0.3, -0.25) is 9.00 Å². The fourth-order valence-electron chi connectivity index (χ4n) is 1.67. The molecule has 2 rings (SSSR count). The van der Waals surface area contributed by atoms with Gasteiger partial charge in [0.05, 0.1) is 11.6 Å². The molecule has 0 spiro atoms. The molecular formula is C15H12N2O2S. The highest BCUT2D eigenvalue weighted by Crippen LogP contribution is 2.13. The molecule has 0 aromatic heterocycles. The first-order valence-corrected chi connectivity index (χ1v) is 7.41. The first-order chi connectivity index (χ1) is 9.60. The molecule has 0 fully saturated rings. The van der Waals surface area contributed by atoms with Crippen LogP contribution in [0.2, 0.25) is 0 Å². The maximum absolute atomic E-state index is 12.0. The van der Waals surface area contributed by atoms with E-state index in [4.69, 9.17) is 5.26 Å². The monoisotopic (exact) mass is 284 g/mol. The van der Waals surface area contributed by atoms with Crippen LogP contribution < -0.4 is 5.32 Å². The number of nitrogens with one attached hydrogen (secondary N) is 1. The summed E-state index contributed by atoms with van der Waals surface area (Å²) in [5, 5.41) is 11.5. The van der Waals surface area contributed by atoms with Gasteiger partial charge in [-0.2, -0.15) is 5.26 Å². The van der Waals surface area contributed by atoms with Crippen molar-refractivity contribution in [3.05, 3.63) is 59.7 Å². The molecule has 5 heteroatoms. The van der Waals surface area contributed by atoms with E-state index in [0.29, 0.717) is 21.7 Å². The van der Waals surface area contributed by atoms with E-state index in [-0.39, 0.29) is 5.91 Å². The Morgan fingerprint density at radius 2 is 1.90 bits per heavy atom. The molecule has 0 saturated heterocycles. The molecular weight excluding hydrogens is 272 g/mol. The lowest BCUT2D eigenvalue weighted by Crippen LogP contribution is -2.11. The van der Waals surface area contributed by atoms with Gasteiger partial charge in [-0.05, 0) is 42.5 Å². The zero-order valence-electron chi connectivity index (χ0n) is 10.8. The van der Waals surface area contributed by atoms with Crippen molar-refractivity contribution in [1.29, 1.82) is 5.26 Å². The number of rotatable bonds is 3. The summed E-state index contributed by atoms with van der Waals surface area (Å²) < 4.78 is 11.3.